The molecule has 17 nitrogen and oxygen atoms in total. The first-order valence-electron chi connectivity index (χ1n) is 23.8. The normalized spacial score (nSPS) is 52.4. The summed E-state index contributed by atoms with van der Waals surface area (Å²) in [6.45, 7) is 14.3. The molecular weight excluding hydrogens is 836 g/mol. The van der Waals surface area contributed by atoms with Gasteiger partial charge in [0.25, 0.3) is 0 Å². The van der Waals surface area contributed by atoms with E-state index in [9.17, 15) is 55.9 Å². The van der Waals surface area contributed by atoms with Crippen molar-refractivity contribution in [3.05, 3.63) is 11.1 Å². The molecule has 64 heavy (non-hydrogen) atoms. The van der Waals surface area contributed by atoms with Gasteiger partial charge in [-0.1, -0.05) is 52.7 Å². The number of rotatable bonds is 8. The number of esters is 1. The summed E-state index contributed by atoms with van der Waals surface area (Å²) in [5.74, 6) is 0.146. The van der Waals surface area contributed by atoms with Crippen LogP contribution in [-0.2, 0) is 33.2 Å². The van der Waals surface area contributed by atoms with E-state index in [1.54, 1.807) is 6.92 Å². The van der Waals surface area contributed by atoms with Gasteiger partial charge >= 0.3 is 5.97 Å². The molecule has 10 N–H and O–H groups in total. The van der Waals surface area contributed by atoms with Gasteiger partial charge in [0.15, 0.2) is 12.6 Å². The summed E-state index contributed by atoms with van der Waals surface area (Å²) in [6.07, 6.45) is -13.0. The van der Waals surface area contributed by atoms with E-state index in [1.807, 2.05) is 0 Å². The van der Waals surface area contributed by atoms with Crippen LogP contribution in [0.3, 0.4) is 0 Å². The monoisotopic (exact) mass is 913 g/mol. The van der Waals surface area contributed by atoms with Gasteiger partial charge in [0.1, 0.15) is 67.1 Å². The number of aliphatic hydroxyl groups is 10. The predicted molar refractivity (Wildman–Crippen MR) is 224 cm³/mol. The predicted octanol–water partition coefficient (Wildman–Crippen LogP) is 0.922. The maximum atomic E-state index is 14.5. The Kier molecular flexibility index (Phi) is 13.4. The summed E-state index contributed by atoms with van der Waals surface area (Å²) in [6, 6.07) is 0. The zero-order valence-electron chi connectivity index (χ0n) is 38.5. The summed E-state index contributed by atoms with van der Waals surface area (Å²) in [7, 11) is 0. The van der Waals surface area contributed by atoms with Crippen LogP contribution < -0.4 is 0 Å². The van der Waals surface area contributed by atoms with Crippen LogP contribution in [0.5, 0.6) is 0 Å². The van der Waals surface area contributed by atoms with Gasteiger partial charge in [0, 0.05) is 0 Å². The molecule has 3 saturated heterocycles. The molecule has 17 heteroatoms. The molecule has 5 aliphatic carbocycles. The summed E-state index contributed by atoms with van der Waals surface area (Å²) in [5, 5.41) is 105. The standard InChI is InChI=1S/C47H76O17/c1-21-30(49)33(52)37(56)40(60-21)64-42(58)47-15-10-23-22(24(47)18-43(2,3)16-17-47)8-9-28-45(23,6)13-11-27-44(4,5)29(12-14-46(27,28)7)63-41-38(57)35(54)32(51)26(62-41)20-59-39-36(55)34(53)31(50)25(19-48)61-39/h21,24-41,48-57H,8-20H2,1-7H3/t21-,24?,25-,26-,27?,28?,29?,30-,31-,32-,33-,34-,35-,36-,37-,38-,39-,40+,41+,45+,46+,47-/m1/s1. The summed E-state index contributed by atoms with van der Waals surface area (Å²) in [5.41, 5.74) is 1.51. The van der Waals surface area contributed by atoms with Crippen LogP contribution in [0.1, 0.15) is 119 Å². The zero-order valence-corrected chi connectivity index (χ0v) is 38.5. The molecule has 0 bridgehead atoms. The molecule has 6 fully saturated rings. The Morgan fingerprint density at radius 3 is 1.95 bits per heavy atom. The molecule has 3 heterocycles. The van der Waals surface area contributed by atoms with Gasteiger partial charge in [-0.05, 0) is 117 Å². The lowest BCUT2D eigenvalue weighted by Gasteiger charge is -2.67. The number of fused-ring (bicyclic) bond motifs is 6. The van der Waals surface area contributed by atoms with Crippen LogP contribution in [0.4, 0.5) is 0 Å². The third-order valence-corrected chi connectivity index (χ3v) is 18.4. The maximum Gasteiger partial charge on any atom is 0.315 e. The van der Waals surface area contributed by atoms with E-state index < -0.39 is 122 Å². The van der Waals surface area contributed by atoms with Crippen molar-refractivity contribution in [1.82, 2.24) is 0 Å². The highest BCUT2D eigenvalue weighted by atomic mass is 16.7. The third kappa shape index (κ3) is 7.95. The van der Waals surface area contributed by atoms with Gasteiger partial charge in [-0.25, -0.2) is 0 Å². The number of carbonyl (C=O) groups excluding carboxylic acids is 1. The summed E-state index contributed by atoms with van der Waals surface area (Å²) < 4.78 is 35.6. The molecule has 8 aliphatic rings. The van der Waals surface area contributed by atoms with E-state index in [1.165, 1.54) is 11.1 Å². The second kappa shape index (κ2) is 17.5. The van der Waals surface area contributed by atoms with Crippen molar-refractivity contribution in [2.24, 2.45) is 44.8 Å². The SMILES string of the molecule is C[C@H]1O[C@@H](OC(=O)[C@@]23CCC4=C(CCC5[C@@]6(C)CCC(O[C@@H]7O[C@H](CO[C@@H]8O[C@H](CO)[C@@H](O)[C@@H](O)[C@H]8O)[C@@H](O)[C@@H](O)[C@H]7O)C(C)(C)C6CC[C@@]45C)C2CC(C)(C)CC3)[C@H](O)[C@H](O)[C@@H]1O. The molecular formula is C47H76O17. The first-order valence-corrected chi connectivity index (χ1v) is 23.8. The van der Waals surface area contributed by atoms with E-state index in [-0.39, 0.29) is 34.2 Å². The number of carbonyl (C=O) groups is 1. The molecule has 3 saturated carbocycles. The fraction of sp³-hybridized carbons (Fsp3) is 0.936. The van der Waals surface area contributed by atoms with Gasteiger partial charge in [-0.15, -0.1) is 0 Å². The molecule has 366 valence electrons. The van der Waals surface area contributed by atoms with Crippen molar-refractivity contribution < 1.29 is 84.3 Å². The van der Waals surface area contributed by atoms with Crippen molar-refractivity contribution in [3.8, 4) is 0 Å². The molecule has 0 aromatic carbocycles. The first-order chi connectivity index (χ1) is 29.9. The van der Waals surface area contributed by atoms with Crippen molar-refractivity contribution in [3.63, 3.8) is 0 Å². The molecule has 0 spiro atoms. The lowest BCUT2D eigenvalue weighted by Crippen LogP contribution is -2.64. The Morgan fingerprint density at radius 2 is 1.27 bits per heavy atom. The fourth-order valence-corrected chi connectivity index (χ4v) is 14.5. The van der Waals surface area contributed by atoms with Gasteiger partial charge in [0.05, 0.1) is 30.8 Å². The molecule has 0 amide bonds. The minimum atomic E-state index is -1.67. The van der Waals surface area contributed by atoms with Crippen LogP contribution in [0.25, 0.3) is 0 Å². The van der Waals surface area contributed by atoms with Crippen molar-refractivity contribution in [2.75, 3.05) is 13.2 Å². The fourth-order valence-electron chi connectivity index (χ4n) is 14.5. The summed E-state index contributed by atoms with van der Waals surface area (Å²) >= 11 is 0. The van der Waals surface area contributed by atoms with Gasteiger partial charge in [0.2, 0.25) is 6.29 Å². The Morgan fingerprint density at radius 1 is 0.641 bits per heavy atom. The van der Waals surface area contributed by atoms with Crippen LogP contribution in [-0.4, -0.2) is 168 Å². The largest absolute Gasteiger partial charge is 0.432 e. The highest BCUT2D eigenvalue weighted by molar-refractivity contribution is 5.79. The minimum Gasteiger partial charge on any atom is -0.432 e. The topological polar surface area (TPSA) is 275 Å². The van der Waals surface area contributed by atoms with Gasteiger partial charge < -0.3 is 79.5 Å². The molecule has 0 aromatic heterocycles. The Hall–Kier alpha value is -1.39. The Balaban J connectivity index is 0.979. The molecule has 0 radical (unpaired) electrons. The van der Waals surface area contributed by atoms with E-state index in [0.29, 0.717) is 25.2 Å². The average Bonchev–Trinajstić information content (AvgIpc) is 3.24. The number of hydrogen-bond acceptors (Lipinski definition) is 17. The lowest BCUT2D eigenvalue weighted by atomic mass is 9.38. The van der Waals surface area contributed by atoms with E-state index in [2.05, 4.69) is 41.5 Å². The maximum absolute atomic E-state index is 14.5. The van der Waals surface area contributed by atoms with Gasteiger partial charge in [-0.3, -0.25) is 4.79 Å². The first kappa shape index (κ1) is 49.0. The van der Waals surface area contributed by atoms with Crippen molar-refractivity contribution in [1.29, 1.82) is 0 Å². The van der Waals surface area contributed by atoms with Crippen molar-refractivity contribution in [2.45, 2.75) is 217 Å². The smallest absolute Gasteiger partial charge is 0.315 e. The summed E-state index contributed by atoms with van der Waals surface area (Å²) in [4.78, 5) is 14.5. The van der Waals surface area contributed by atoms with E-state index in [0.717, 1.165) is 51.4 Å². The van der Waals surface area contributed by atoms with Crippen LogP contribution in [0.2, 0.25) is 0 Å². The van der Waals surface area contributed by atoms with Crippen molar-refractivity contribution >= 4 is 5.97 Å². The number of aliphatic hydroxyl groups excluding tert-OH is 10. The minimum absolute atomic E-state index is 0.00443. The van der Waals surface area contributed by atoms with Gasteiger partial charge in [-0.2, -0.15) is 0 Å². The Labute approximate surface area is 376 Å². The number of allylic oxidation sites excluding steroid dienone is 2. The van der Waals surface area contributed by atoms with E-state index >= 15 is 0 Å². The second-order valence-corrected chi connectivity index (χ2v) is 22.8. The second-order valence-electron chi connectivity index (χ2n) is 22.8. The Bertz CT molecular complexity index is 1740. The molecule has 22 atom stereocenters. The molecule has 0 aromatic rings. The zero-order chi connectivity index (χ0) is 46.6. The third-order valence-electron chi connectivity index (χ3n) is 18.4. The highest BCUT2D eigenvalue weighted by Gasteiger charge is 2.66. The lowest BCUT2D eigenvalue weighted by molar-refractivity contribution is -0.344. The van der Waals surface area contributed by atoms with Crippen LogP contribution in [0, 0.1) is 44.8 Å². The molecule has 8 rings (SSSR count). The number of hydrogen-bond donors (Lipinski definition) is 10. The van der Waals surface area contributed by atoms with Crippen LogP contribution in [0.15, 0.2) is 11.1 Å². The molecule has 4 unspecified atom stereocenters. The van der Waals surface area contributed by atoms with Crippen LogP contribution >= 0.6 is 0 Å². The quantitative estimate of drug-likeness (QED) is 0.0922. The number of ether oxygens (including phenoxy) is 6. The highest BCUT2D eigenvalue weighted by Crippen LogP contribution is 2.72. The molecule has 3 aliphatic heterocycles. The van der Waals surface area contributed by atoms with E-state index in [4.69, 9.17) is 28.4 Å². The average molecular weight is 913 g/mol.